The standard InChI is InChI=1S/C12H15NO2/c1-7-6-10(4-5-14)8(2)11-9(3)15-13-12(7)11/h4-6,8-9,11H,1-3H3/b10-4-. The van der Waals surface area contributed by atoms with Crippen LogP contribution in [-0.4, -0.2) is 18.1 Å². The average Bonchev–Trinajstić information content (AvgIpc) is 2.57. The number of hydrogen-bond acceptors (Lipinski definition) is 3. The van der Waals surface area contributed by atoms with Crippen molar-refractivity contribution in [2.75, 3.05) is 0 Å². The summed E-state index contributed by atoms with van der Waals surface area (Å²) in [5.74, 6) is 0.594. The molecule has 0 spiro atoms. The van der Waals surface area contributed by atoms with E-state index in [9.17, 15) is 4.79 Å². The molecule has 3 unspecified atom stereocenters. The van der Waals surface area contributed by atoms with Gasteiger partial charge >= 0.3 is 0 Å². The maximum absolute atomic E-state index is 10.5. The van der Waals surface area contributed by atoms with Gasteiger partial charge in [0.1, 0.15) is 12.4 Å². The van der Waals surface area contributed by atoms with Crippen molar-refractivity contribution >= 4 is 12.0 Å². The highest BCUT2D eigenvalue weighted by Crippen LogP contribution is 2.37. The molecule has 3 nitrogen and oxygen atoms in total. The molecule has 0 aromatic rings. The molecule has 0 aromatic carbocycles. The third-order valence-electron chi connectivity index (χ3n) is 3.25. The Bertz CT molecular complexity index is 379. The number of carbonyl (C=O) groups is 1. The summed E-state index contributed by atoms with van der Waals surface area (Å²) in [6, 6.07) is 0. The predicted octanol–water partition coefficient (Wildman–Crippen LogP) is 2.10. The van der Waals surface area contributed by atoms with Gasteiger partial charge in [0, 0.05) is 0 Å². The zero-order chi connectivity index (χ0) is 11.0. The third-order valence-corrected chi connectivity index (χ3v) is 3.25. The molecule has 2 rings (SSSR count). The molecule has 1 aliphatic carbocycles. The number of nitrogens with zero attached hydrogens (tertiary/aromatic N) is 1. The Morgan fingerprint density at radius 3 is 2.87 bits per heavy atom. The van der Waals surface area contributed by atoms with Gasteiger partial charge in [-0.25, -0.2) is 0 Å². The molecule has 0 aromatic heterocycles. The molecule has 0 saturated heterocycles. The maximum atomic E-state index is 10.5. The SMILES string of the molecule is CC1=C/C(=C/C=O)C(C)C2C1=NOC2C. The van der Waals surface area contributed by atoms with E-state index in [-0.39, 0.29) is 6.10 Å². The van der Waals surface area contributed by atoms with Crippen LogP contribution in [0.5, 0.6) is 0 Å². The first-order valence-electron chi connectivity index (χ1n) is 5.23. The monoisotopic (exact) mass is 205 g/mol. The van der Waals surface area contributed by atoms with Crippen molar-refractivity contribution < 1.29 is 9.63 Å². The van der Waals surface area contributed by atoms with Crippen molar-refractivity contribution in [3.05, 3.63) is 23.3 Å². The van der Waals surface area contributed by atoms with Crippen molar-refractivity contribution in [1.29, 1.82) is 0 Å². The third kappa shape index (κ3) is 1.52. The molecule has 1 aliphatic heterocycles. The maximum Gasteiger partial charge on any atom is 0.143 e. The number of allylic oxidation sites excluding steroid dienone is 4. The number of carbonyl (C=O) groups excluding carboxylic acids is 1. The predicted molar refractivity (Wildman–Crippen MR) is 58.5 cm³/mol. The largest absolute Gasteiger partial charge is 0.392 e. The molecule has 3 heteroatoms. The van der Waals surface area contributed by atoms with Crippen LogP contribution in [0.25, 0.3) is 0 Å². The van der Waals surface area contributed by atoms with E-state index in [1.807, 2.05) is 19.9 Å². The Hall–Kier alpha value is -1.38. The molecule has 2 aliphatic rings. The van der Waals surface area contributed by atoms with Gasteiger partial charge in [-0.1, -0.05) is 18.2 Å². The zero-order valence-corrected chi connectivity index (χ0v) is 9.23. The molecule has 0 N–H and O–H groups in total. The summed E-state index contributed by atoms with van der Waals surface area (Å²) in [5.41, 5.74) is 3.22. The molecule has 15 heavy (non-hydrogen) atoms. The number of aldehydes is 1. The van der Waals surface area contributed by atoms with Gasteiger partial charge in [0.05, 0.1) is 11.6 Å². The van der Waals surface area contributed by atoms with Crippen molar-refractivity contribution in [3.63, 3.8) is 0 Å². The fourth-order valence-corrected chi connectivity index (χ4v) is 2.41. The number of hydrogen-bond donors (Lipinski definition) is 0. The summed E-state index contributed by atoms with van der Waals surface area (Å²) in [6.45, 7) is 6.15. The molecule has 0 amide bonds. The smallest absolute Gasteiger partial charge is 0.143 e. The van der Waals surface area contributed by atoms with E-state index in [1.54, 1.807) is 6.08 Å². The van der Waals surface area contributed by atoms with E-state index in [1.165, 1.54) is 0 Å². The summed E-state index contributed by atoms with van der Waals surface area (Å²) in [5, 5.41) is 4.10. The molecule has 1 heterocycles. The van der Waals surface area contributed by atoms with Crippen LogP contribution in [0.4, 0.5) is 0 Å². The molecule has 0 radical (unpaired) electrons. The Labute approximate surface area is 89.5 Å². The van der Waals surface area contributed by atoms with Crippen LogP contribution in [-0.2, 0) is 9.63 Å². The molecular formula is C12H15NO2. The molecule has 0 fully saturated rings. The lowest BCUT2D eigenvalue weighted by Crippen LogP contribution is -2.32. The summed E-state index contributed by atoms with van der Waals surface area (Å²) in [7, 11) is 0. The van der Waals surface area contributed by atoms with E-state index >= 15 is 0 Å². The van der Waals surface area contributed by atoms with Crippen LogP contribution >= 0.6 is 0 Å². The second-order valence-corrected chi connectivity index (χ2v) is 4.23. The Balaban J connectivity index is 2.43. The van der Waals surface area contributed by atoms with E-state index in [2.05, 4.69) is 12.1 Å². The lowest BCUT2D eigenvalue weighted by Gasteiger charge is -2.28. The lowest BCUT2D eigenvalue weighted by molar-refractivity contribution is -0.104. The minimum Gasteiger partial charge on any atom is -0.392 e. The fraction of sp³-hybridized carbons (Fsp3) is 0.500. The van der Waals surface area contributed by atoms with E-state index < -0.39 is 0 Å². The minimum atomic E-state index is 0.105. The first-order chi connectivity index (χ1) is 7.15. The fourth-order valence-electron chi connectivity index (χ4n) is 2.41. The number of oxime groups is 1. The van der Waals surface area contributed by atoms with Crippen LogP contribution in [0.3, 0.4) is 0 Å². The van der Waals surface area contributed by atoms with E-state index in [0.29, 0.717) is 11.8 Å². The summed E-state index contributed by atoms with van der Waals surface area (Å²) in [4.78, 5) is 15.8. The van der Waals surface area contributed by atoms with Crippen molar-refractivity contribution in [1.82, 2.24) is 0 Å². The van der Waals surface area contributed by atoms with Crippen molar-refractivity contribution in [2.45, 2.75) is 26.9 Å². The normalized spacial score (nSPS) is 36.7. The number of rotatable bonds is 1. The van der Waals surface area contributed by atoms with Gasteiger partial charge < -0.3 is 4.84 Å². The topological polar surface area (TPSA) is 38.7 Å². The first-order valence-corrected chi connectivity index (χ1v) is 5.23. The molecule has 80 valence electrons. The minimum absolute atomic E-state index is 0.105. The van der Waals surface area contributed by atoms with Gasteiger partial charge in [0.2, 0.25) is 0 Å². The summed E-state index contributed by atoms with van der Waals surface area (Å²) < 4.78 is 0. The van der Waals surface area contributed by atoms with Gasteiger partial charge in [-0.3, -0.25) is 4.79 Å². The Morgan fingerprint density at radius 1 is 1.47 bits per heavy atom. The summed E-state index contributed by atoms with van der Waals surface area (Å²) in [6.07, 6.45) is 4.61. The Kier molecular flexibility index (Phi) is 2.47. The number of fused-ring (bicyclic) bond motifs is 1. The first kappa shape index (κ1) is 10.1. The van der Waals surface area contributed by atoms with Crippen LogP contribution < -0.4 is 0 Å². The van der Waals surface area contributed by atoms with Crippen molar-refractivity contribution in [3.8, 4) is 0 Å². The molecule has 3 atom stereocenters. The van der Waals surface area contributed by atoms with E-state index in [4.69, 9.17) is 4.84 Å². The van der Waals surface area contributed by atoms with E-state index in [0.717, 1.165) is 23.1 Å². The summed E-state index contributed by atoms with van der Waals surface area (Å²) >= 11 is 0. The van der Waals surface area contributed by atoms with Crippen LogP contribution in [0, 0.1) is 11.8 Å². The molecule has 0 bridgehead atoms. The van der Waals surface area contributed by atoms with Gasteiger partial charge in [0.15, 0.2) is 0 Å². The van der Waals surface area contributed by atoms with Gasteiger partial charge in [-0.2, -0.15) is 0 Å². The van der Waals surface area contributed by atoms with Crippen molar-refractivity contribution in [2.24, 2.45) is 17.0 Å². The zero-order valence-electron chi connectivity index (χ0n) is 9.23. The van der Waals surface area contributed by atoms with Crippen LogP contribution in [0.2, 0.25) is 0 Å². The van der Waals surface area contributed by atoms with Gasteiger partial charge in [-0.05, 0) is 37.0 Å². The van der Waals surface area contributed by atoms with Gasteiger partial charge in [-0.15, -0.1) is 0 Å². The molecular weight excluding hydrogens is 190 g/mol. The van der Waals surface area contributed by atoms with Crippen LogP contribution in [0.15, 0.2) is 28.5 Å². The highest BCUT2D eigenvalue weighted by molar-refractivity contribution is 6.04. The quantitative estimate of drug-likeness (QED) is 0.485. The highest BCUT2D eigenvalue weighted by atomic mass is 16.6. The Morgan fingerprint density at radius 2 is 2.20 bits per heavy atom. The van der Waals surface area contributed by atoms with Gasteiger partial charge in [0.25, 0.3) is 0 Å². The lowest BCUT2D eigenvalue weighted by atomic mass is 9.74. The second-order valence-electron chi connectivity index (χ2n) is 4.23. The second kappa shape index (κ2) is 3.65. The molecule has 0 saturated carbocycles. The van der Waals surface area contributed by atoms with Crippen LogP contribution in [0.1, 0.15) is 20.8 Å². The highest BCUT2D eigenvalue weighted by Gasteiger charge is 2.39. The average molecular weight is 205 g/mol.